The van der Waals surface area contributed by atoms with Crippen LogP contribution in [0.15, 0.2) is 54.6 Å². The molecule has 0 spiro atoms. The minimum Gasteiger partial charge on any atom is -0.497 e. The van der Waals surface area contributed by atoms with Gasteiger partial charge in [-0.1, -0.05) is 0 Å². The van der Waals surface area contributed by atoms with Gasteiger partial charge < -0.3 is 9.47 Å². The maximum Gasteiger partial charge on any atom is 0.435 e. The van der Waals surface area contributed by atoms with Gasteiger partial charge in [0.25, 0.3) is 0 Å². The van der Waals surface area contributed by atoms with Crippen LogP contribution in [0.25, 0.3) is 16.9 Å². The van der Waals surface area contributed by atoms with E-state index in [0.717, 1.165) is 6.07 Å². The zero-order valence-electron chi connectivity index (χ0n) is 14.2. The standard InChI is InChI=1S/C19H14F3N3O2/c1-26-15-6-2-13(3-7-15)17-12-18(19(20,21)22)24-25(17)14-4-8-16(9-5-14)27-11-10-23/h2-9,12H,11H2,1H3. The van der Waals surface area contributed by atoms with Gasteiger partial charge in [-0.05, 0) is 54.6 Å². The highest BCUT2D eigenvalue weighted by molar-refractivity contribution is 5.64. The van der Waals surface area contributed by atoms with E-state index < -0.39 is 11.9 Å². The summed E-state index contributed by atoms with van der Waals surface area (Å²) >= 11 is 0. The molecule has 0 fully saturated rings. The molecule has 8 heteroatoms. The molecule has 1 aromatic heterocycles. The summed E-state index contributed by atoms with van der Waals surface area (Å²) in [7, 11) is 1.51. The first-order chi connectivity index (χ1) is 12.9. The van der Waals surface area contributed by atoms with Gasteiger partial charge in [-0.3, -0.25) is 0 Å². The van der Waals surface area contributed by atoms with Crippen LogP contribution in [0.4, 0.5) is 13.2 Å². The van der Waals surface area contributed by atoms with Gasteiger partial charge in [0.05, 0.1) is 18.5 Å². The second kappa shape index (κ2) is 7.41. The first kappa shape index (κ1) is 18.3. The summed E-state index contributed by atoms with van der Waals surface area (Å²) in [6.07, 6.45) is -4.57. The van der Waals surface area contributed by atoms with E-state index in [4.69, 9.17) is 14.7 Å². The summed E-state index contributed by atoms with van der Waals surface area (Å²) in [4.78, 5) is 0. The molecule has 0 radical (unpaired) electrons. The van der Waals surface area contributed by atoms with E-state index in [2.05, 4.69) is 5.10 Å². The Morgan fingerprint density at radius 2 is 1.67 bits per heavy atom. The van der Waals surface area contributed by atoms with Gasteiger partial charge in [0.1, 0.15) is 17.6 Å². The van der Waals surface area contributed by atoms with E-state index >= 15 is 0 Å². The zero-order chi connectivity index (χ0) is 19.4. The third kappa shape index (κ3) is 4.03. The van der Waals surface area contributed by atoms with Crippen LogP contribution in [0.5, 0.6) is 11.5 Å². The SMILES string of the molecule is COc1ccc(-c2cc(C(F)(F)F)nn2-c2ccc(OCC#N)cc2)cc1. The van der Waals surface area contributed by atoms with E-state index in [1.165, 1.54) is 11.8 Å². The van der Waals surface area contributed by atoms with E-state index in [9.17, 15) is 13.2 Å². The van der Waals surface area contributed by atoms with E-state index in [1.807, 2.05) is 6.07 Å². The Kier molecular flexibility index (Phi) is 5.03. The Morgan fingerprint density at radius 3 is 2.22 bits per heavy atom. The average molecular weight is 373 g/mol. The number of alkyl halides is 3. The Hall–Kier alpha value is -3.47. The van der Waals surface area contributed by atoms with Gasteiger partial charge in [0.2, 0.25) is 0 Å². The summed E-state index contributed by atoms with van der Waals surface area (Å²) in [6.45, 7) is -0.115. The lowest BCUT2D eigenvalue weighted by Crippen LogP contribution is -2.07. The van der Waals surface area contributed by atoms with Crippen molar-refractivity contribution in [3.8, 4) is 34.5 Å². The fraction of sp³-hybridized carbons (Fsp3) is 0.158. The molecule has 3 rings (SSSR count). The number of hydrogen-bond donors (Lipinski definition) is 0. The number of aromatic nitrogens is 2. The van der Waals surface area contributed by atoms with Gasteiger partial charge in [-0.15, -0.1) is 0 Å². The van der Waals surface area contributed by atoms with Gasteiger partial charge in [-0.2, -0.15) is 23.5 Å². The van der Waals surface area contributed by atoms with Crippen LogP contribution in [0.1, 0.15) is 5.69 Å². The monoisotopic (exact) mass is 373 g/mol. The van der Waals surface area contributed by atoms with Crippen molar-refractivity contribution in [2.75, 3.05) is 13.7 Å². The molecule has 0 aliphatic rings. The van der Waals surface area contributed by atoms with Crippen molar-refractivity contribution in [3.63, 3.8) is 0 Å². The Morgan fingerprint density at radius 1 is 1.04 bits per heavy atom. The van der Waals surface area contributed by atoms with Crippen LogP contribution >= 0.6 is 0 Å². The van der Waals surface area contributed by atoms with Crippen molar-refractivity contribution in [2.45, 2.75) is 6.18 Å². The van der Waals surface area contributed by atoms with Crippen LogP contribution in [0, 0.1) is 11.3 Å². The van der Waals surface area contributed by atoms with E-state index in [0.29, 0.717) is 22.7 Å². The maximum atomic E-state index is 13.2. The third-order valence-electron chi connectivity index (χ3n) is 3.77. The number of ether oxygens (including phenoxy) is 2. The number of methoxy groups -OCH3 is 1. The van der Waals surface area contributed by atoms with Crippen LogP contribution in [0.3, 0.4) is 0 Å². The summed E-state index contributed by atoms with van der Waals surface area (Å²) in [5, 5.41) is 12.3. The van der Waals surface area contributed by atoms with E-state index in [1.54, 1.807) is 48.5 Å². The molecule has 0 N–H and O–H groups in total. The third-order valence-corrected chi connectivity index (χ3v) is 3.77. The second-order valence-corrected chi connectivity index (χ2v) is 5.49. The molecule has 27 heavy (non-hydrogen) atoms. The molecule has 0 saturated heterocycles. The summed E-state index contributed by atoms with van der Waals surface area (Å²) in [5.41, 5.74) is 0.290. The molecule has 0 atom stereocenters. The van der Waals surface area contributed by atoms with Crippen molar-refractivity contribution < 1.29 is 22.6 Å². The highest BCUT2D eigenvalue weighted by atomic mass is 19.4. The number of rotatable bonds is 5. The molecular weight excluding hydrogens is 359 g/mol. The van der Waals surface area contributed by atoms with Crippen molar-refractivity contribution in [1.82, 2.24) is 9.78 Å². The molecule has 0 saturated carbocycles. The van der Waals surface area contributed by atoms with Gasteiger partial charge in [0, 0.05) is 5.56 Å². The van der Waals surface area contributed by atoms with Crippen molar-refractivity contribution in [2.24, 2.45) is 0 Å². The van der Waals surface area contributed by atoms with Crippen LogP contribution in [-0.4, -0.2) is 23.5 Å². The van der Waals surface area contributed by atoms with E-state index in [-0.39, 0.29) is 12.3 Å². The van der Waals surface area contributed by atoms with Crippen molar-refractivity contribution >= 4 is 0 Å². The lowest BCUT2D eigenvalue weighted by atomic mass is 10.1. The topological polar surface area (TPSA) is 60.1 Å². The number of nitrogens with zero attached hydrogens (tertiary/aromatic N) is 3. The molecule has 5 nitrogen and oxygen atoms in total. The first-order valence-electron chi connectivity index (χ1n) is 7.84. The number of nitriles is 1. The lowest BCUT2D eigenvalue weighted by Gasteiger charge is -2.09. The molecule has 138 valence electrons. The molecule has 0 amide bonds. The molecule has 0 aliphatic carbocycles. The predicted molar refractivity (Wildman–Crippen MR) is 91.7 cm³/mol. The Balaban J connectivity index is 2.05. The predicted octanol–water partition coefficient (Wildman–Crippen LogP) is 4.47. The zero-order valence-corrected chi connectivity index (χ0v) is 14.2. The summed E-state index contributed by atoms with van der Waals surface area (Å²) in [6, 6.07) is 15.8. The highest BCUT2D eigenvalue weighted by Crippen LogP contribution is 2.34. The number of hydrogen-bond acceptors (Lipinski definition) is 4. The summed E-state index contributed by atoms with van der Waals surface area (Å²) < 4.78 is 51.0. The minimum absolute atomic E-state index is 0.115. The Bertz CT molecular complexity index is 956. The van der Waals surface area contributed by atoms with Crippen LogP contribution < -0.4 is 9.47 Å². The fourth-order valence-corrected chi connectivity index (χ4v) is 2.48. The second-order valence-electron chi connectivity index (χ2n) is 5.49. The molecular formula is C19H14F3N3O2. The molecule has 1 heterocycles. The molecule has 3 aromatic rings. The minimum atomic E-state index is -4.57. The Labute approximate surface area is 153 Å². The van der Waals surface area contributed by atoms with Crippen LogP contribution in [0.2, 0.25) is 0 Å². The van der Waals surface area contributed by atoms with Gasteiger partial charge in [0.15, 0.2) is 12.3 Å². The molecule has 0 aliphatic heterocycles. The van der Waals surface area contributed by atoms with Crippen molar-refractivity contribution in [3.05, 3.63) is 60.3 Å². The fourth-order valence-electron chi connectivity index (χ4n) is 2.48. The number of benzene rings is 2. The van der Waals surface area contributed by atoms with Gasteiger partial charge in [-0.25, -0.2) is 4.68 Å². The van der Waals surface area contributed by atoms with Crippen LogP contribution in [-0.2, 0) is 6.18 Å². The van der Waals surface area contributed by atoms with Crippen molar-refractivity contribution in [1.29, 1.82) is 5.26 Å². The maximum absolute atomic E-state index is 13.2. The summed E-state index contributed by atoms with van der Waals surface area (Å²) in [5.74, 6) is 1.04. The lowest BCUT2D eigenvalue weighted by molar-refractivity contribution is -0.141. The average Bonchev–Trinajstić information content (AvgIpc) is 3.13. The first-order valence-corrected chi connectivity index (χ1v) is 7.84. The molecule has 0 unspecified atom stereocenters. The normalized spacial score (nSPS) is 11.1. The highest BCUT2D eigenvalue weighted by Gasteiger charge is 2.35. The largest absolute Gasteiger partial charge is 0.497 e. The quantitative estimate of drug-likeness (QED) is 0.662. The molecule has 2 aromatic carbocycles. The molecule has 0 bridgehead atoms. The van der Waals surface area contributed by atoms with Gasteiger partial charge >= 0.3 is 6.18 Å². The smallest absolute Gasteiger partial charge is 0.435 e. The number of halogens is 3.